The highest BCUT2D eigenvalue weighted by atomic mass is 16.8. The predicted molar refractivity (Wildman–Crippen MR) is 58.1 cm³/mol. The molecule has 12 nitrogen and oxygen atoms in total. The maximum Gasteiger partial charge on any atom is 0.327 e. The summed E-state index contributed by atoms with van der Waals surface area (Å²) in [5, 5.41) is 28.0. The molecule has 3 aliphatic heterocycles. The van der Waals surface area contributed by atoms with Crippen LogP contribution in [0, 0.1) is 0 Å². The topological polar surface area (TPSA) is 141 Å². The van der Waals surface area contributed by atoms with Crippen molar-refractivity contribution in [2.45, 2.75) is 18.6 Å². The molecular formula is C8H14N6O6. The summed E-state index contributed by atoms with van der Waals surface area (Å²) in [5.74, 6) is 0. The van der Waals surface area contributed by atoms with Crippen molar-refractivity contribution in [2.75, 3.05) is 20.2 Å². The lowest BCUT2D eigenvalue weighted by molar-refractivity contribution is -0.239. The van der Waals surface area contributed by atoms with E-state index >= 15 is 0 Å². The summed E-state index contributed by atoms with van der Waals surface area (Å²) >= 11 is 0. The summed E-state index contributed by atoms with van der Waals surface area (Å²) in [7, 11) is 0. The summed E-state index contributed by atoms with van der Waals surface area (Å²) in [6, 6.07) is -1.21. The zero-order valence-electron chi connectivity index (χ0n) is 10.2. The largest absolute Gasteiger partial charge is 0.376 e. The molecule has 112 valence electrons. The molecule has 12 heteroatoms. The second kappa shape index (κ2) is 4.69. The Balaban J connectivity index is 1.98. The van der Waals surface area contributed by atoms with Crippen LogP contribution in [0.25, 0.3) is 0 Å². The fourth-order valence-corrected chi connectivity index (χ4v) is 2.63. The third-order valence-corrected chi connectivity index (χ3v) is 3.54. The summed E-state index contributed by atoms with van der Waals surface area (Å²) in [4.78, 5) is 33.0. The zero-order valence-corrected chi connectivity index (χ0v) is 10.2. The number of aliphatic hydroxyl groups is 3. The molecule has 0 bridgehead atoms. The molecule has 3 aliphatic rings. The second-order valence-corrected chi connectivity index (χ2v) is 4.37. The van der Waals surface area contributed by atoms with Crippen molar-refractivity contribution in [1.82, 2.24) is 30.6 Å². The van der Waals surface area contributed by atoms with Gasteiger partial charge < -0.3 is 15.3 Å². The number of fused-ring (bicyclic) bond motifs is 1. The van der Waals surface area contributed by atoms with Crippen molar-refractivity contribution in [2.24, 2.45) is 0 Å². The first-order valence-corrected chi connectivity index (χ1v) is 5.81. The van der Waals surface area contributed by atoms with E-state index in [1.165, 1.54) is 4.90 Å². The van der Waals surface area contributed by atoms with E-state index < -0.39 is 50.9 Å². The van der Waals surface area contributed by atoms with Crippen LogP contribution in [0.15, 0.2) is 0 Å². The van der Waals surface area contributed by atoms with Crippen molar-refractivity contribution in [3.8, 4) is 0 Å². The van der Waals surface area contributed by atoms with Gasteiger partial charge in [0.1, 0.15) is 20.2 Å². The molecule has 4 amide bonds. The lowest BCUT2D eigenvalue weighted by Gasteiger charge is -2.38. The van der Waals surface area contributed by atoms with Gasteiger partial charge in [0.25, 0.3) is 0 Å². The van der Waals surface area contributed by atoms with Crippen LogP contribution in [-0.4, -0.2) is 85.8 Å². The minimum Gasteiger partial charge on any atom is -0.376 e. The summed E-state index contributed by atoms with van der Waals surface area (Å²) < 4.78 is 0. The maximum absolute atomic E-state index is 12.2. The van der Waals surface area contributed by atoms with Crippen molar-refractivity contribution in [3.05, 3.63) is 0 Å². The minimum absolute atomic E-state index is 0.569. The minimum atomic E-state index is -0.902. The maximum atomic E-state index is 12.2. The average molecular weight is 290 g/mol. The SMILES string of the molecule is O=C1N(CO)C2C(N1CO)N(C1NON1)C(=O)N2CO. The molecule has 3 fully saturated rings. The highest BCUT2D eigenvalue weighted by Gasteiger charge is 2.61. The molecule has 2 atom stereocenters. The number of nitrogens with one attached hydrogen (secondary N) is 2. The molecule has 3 rings (SSSR count). The Labute approximate surface area is 112 Å². The van der Waals surface area contributed by atoms with Gasteiger partial charge in [-0.3, -0.25) is 19.6 Å². The number of amides is 4. The first-order chi connectivity index (χ1) is 9.65. The molecule has 0 spiro atoms. The number of nitrogens with zero attached hydrogens (tertiary/aromatic N) is 4. The molecule has 5 N–H and O–H groups in total. The first-order valence-electron chi connectivity index (χ1n) is 5.81. The van der Waals surface area contributed by atoms with Crippen LogP contribution in [0.3, 0.4) is 0 Å². The molecule has 0 aromatic carbocycles. The highest BCUT2D eigenvalue weighted by Crippen LogP contribution is 2.35. The summed E-state index contributed by atoms with van der Waals surface area (Å²) in [6.45, 7) is -1.91. The Hall–Kier alpha value is -1.70. The van der Waals surface area contributed by atoms with Gasteiger partial charge in [0, 0.05) is 0 Å². The van der Waals surface area contributed by atoms with E-state index in [9.17, 15) is 24.9 Å². The van der Waals surface area contributed by atoms with E-state index in [1.54, 1.807) is 0 Å². The Bertz CT molecular complexity index is 430. The van der Waals surface area contributed by atoms with E-state index in [-0.39, 0.29) is 0 Å². The molecule has 0 aromatic rings. The van der Waals surface area contributed by atoms with Gasteiger partial charge in [-0.1, -0.05) is 0 Å². The molecule has 20 heavy (non-hydrogen) atoms. The highest BCUT2D eigenvalue weighted by molar-refractivity contribution is 5.85. The van der Waals surface area contributed by atoms with Crippen molar-refractivity contribution < 1.29 is 29.8 Å². The molecule has 0 saturated carbocycles. The van der Waals surface area contributed by atoms with Crippen LogP contribution in [0.2, 0.25) is 0 Å². The van der Waals surface area contributed by atoms with Crippen LogP contribution in [-0.2, 0) is 4.94 Å². The third kappa shape index (κ3) is 1.51. The molecular weight excluding hydrogens is 276 g/mol. The van der Waals surface area contributed by atoms with Crippen molar-refractivity contribution in [1.29, 1.82) is 0 Å². The van der Waals surface area contributed by atoms with Gasteiger partial charge in [0.05, 0.1) is 0 Å². The van der Waals surface area contributed by atoms with E-state index in [1.807, 2.05) is 0 Å². The van der Waals surface area contributed by atoms with Gasteiger partial charge in [-0.05, 0) is 0 Å². The fraction of sp³-hybridized carbons (Fsp3) is 0.750. The number of aliphatic hydroxyl groups excluding tert-OH is 3. The van der Waals surface area contributed by atoms with Crippen molar-refractivity contribution >= 4 is 12.1 Å². The summed E-state index contributed by atoms with van der Waals surface area (Å²) in [5.41, 5.74) is 4.91. The number of hydroxylamine groups is 2. The number of hydrogen-bond donors (Lipinski definition) is 5. The number of urea groups is 2. The van der Waals surface area contributed by atoms with Gasteiger partial charge in [-0.2, -0.15) is 0 Å². The normalized spacial score (nSPS) is 30.4. The molecule has 3 heterocycles. The van der Waals surface area contributed by atoms with E-state index in [4.69, 9.17) is 0 Å². The average Bonchev–Trinajstić information content (AvgIpc) is 2.80. The standard InChI is InChI=1S/C8H14N6O6/c15-1-11-4-5(13(3-17)7(11)18)14(6-9-20-10-6)8(19)12(4)2-16/h4-6,9-10,15-17H,1-3H2. The summed E-state index contributed by atoms with van der Waals surface area (Å²) in [6.07, 6.45) is -2.47. The molecule has 2 unspecified atom stereocenters. The second-order valence-electron chi connectivity index (χ2n) is 4.37. The molecule has 0 radical (unpaired) electrons. The first kappa shape index (κ1) is 13.3. The molecule has 0 aliphatic carbocycles. The number of rotatable bonds is 4. The predicted octanol–water partition coefficient (Wildman–Crippen LogP) is -3.71. The van der Waals surface area contributed by atoms with Gasteiger partial charge in [0.15, 0.2) is 18.6 Å². The van der Waals surface area contributed by atoms with Gasteiger partial charge in [0.2, 0.25) is 0 Å². The van der Waals surface area contributed by atoms with Crippen LogP contribution < -0.4 is 11.0 Å². The monoisotopic (exact) mass is 290 g/mol. The van der Waals surface area contributed by atoms with E-state index in [0.717, 1.165) is 14.7 Å². The third-order valence-electron chi connectivity index (χ3n) is 3.54. The molecule has 0 aromatic heterocycles. The Kier molecular flexibility index (Phi) is 3.12. The van der Waals surface area contributed by atoms with E-state index in [2.05, 4.69) is 15.9 Å². The number of carbonyl (C=O) groups excluding carboxylic acids is 2. The van der Waals surface area contributed by atoms with Gasteiger partial charge in [-0.15, -0.1) is 11.0 Å². The molecule has 3 saturated heterocycles. The Morgan fingerprint density at radius 3 is 1.85 bits per heavy atom. The number of carbonyl (C=O) groups is 2. The van der Waals surface area contributed by atoms with Crippen LogP contribution >= 0.6 is 0 Å². The fourth-order valence-electron chi connectivity index (χ4n) is 2.63. The Morgan fingerprint density at radius 1 is 0.900 bits per heavy atom. The Morgan fingerprint density at radius 2 is 1.40 bits per heavy atom. The van der Waals surface area contributed by atoms with Gasteiger partial charge >= 0.3 is 12.1 Å². The zero-order chi connectivity index (χ0) is 14.4. The smallest absolute Gasteiger partial charge is 0.327 e. The van der Waals surface area contributed by atoms with E-state index in [0.29, 0.717) is 0 Å². The lowest BCUT2D eigenvalue weighted by Crippen LogP contribution is -2.69. The van der Waals surface area contributed by atoms with Crippen LogP contribution in [0.5, 0.6) is 0 Å². The quantitative estimate of drug-likeness (QED) is 0.356. The van der Waals surface area contributed by atoms with Crippen LogP contribution in [0.1, 0.15) is 0 Å². The lowest BCUT2D eigenvalue weighted by atomic mass is 10.3. The number of hydrogen-bond acceptors (Lipinski definition) is 8. The van der Waals surface area contributed by atoms with Crippen LogP contribution in [0.4, 0.5) is 9.59 Å². The van der Waals surface area contributed by atoms with Crippen molar-refractivity contribution in [3.63, 3.8) is 0 Å². The van der Waals surface area contributed by atoms with Gasteiger partial charge in [-0.25, -0.2) is 14.5 Å².